The second kappa shape index (κ2) is 7.20. The van der Waals surface area contributed by atoms with Crippen LogP contribution in [0.1, 0.15) is 22.9 Å². The number of rotatable bonds is 4. The molecule has 114 valence electrons. The molecule has 5 heteroatoms. The molecule has 0 spiro atoms. The third-order valence-corrected chi connectivity index (χ3v) is 5.70. The number of benzene rings is 1. The van der Waals surface area contributed by atoms with E-state index in [9.17, 15) is 4.79 Å². The highest BCUT2D eigenvalue weighted by molar-refractivity contribution is 7.99. The quantitative estimate of drug-likeness (QED) is 0.794. The summed E-state index contributed by atoms with van der Waals surface area (Å²) in [7, 11) is 0. The van der Waals surface area contributed by atoms with Crippen LogP contribution in [0, 0.1) is 0 Å². The van der Waals surface area contributed by atoms with E-state index in [1.807, 2.05) is 35.0 Å². The van der Waals surface area contributed by atoms with Crippen LogP contribution in [-0.4, -0.2) is 27.8 Å². The smallest absolute Gasteiger partial charge is 0.224 e. The van der Waals surface area contributed by atoms with Gasteiger partial charge < -0.3 is 4.90 Å². The molecule has 2 aromatic rings. The van der Waals surface area contributed by atoms with Crippen LogP contribution in [-0.2, 0) is 11.3 Å². The molecule has 1 amide bonds. The van der Waals surface area contributed by atoms with Crippen LogP contribution in [0.3, 0.4) is 0 Å². The molecule has 1 aliphatic heterocycles. The summed E-state index contributed by atoms with van der Waals surface area (Å²) in [6.07, 6.45) is 6.28. The van der Waals surface area contributed by atoms with Crippen LogP contribution < -0.4 is 0 Å². The number of hydrogen-bond acceptors (Lipinski definition) is 4. The van der Waals surface area contributed by atoms with Crippen LogP contribution in [0.4, 0.5) is 0 Å². The SMILES string of the molecule is CSc1ccc(C2SCCC(=O)N2Cc2cccnc2)cc1. The summed E-state index contributed by atoms with van der Waals surface area (Å²) in [5, 5.41) is 0.0948. The maximum atomic E-state index is 12.4. The van der Waals surface area contributed by atoms with Crippen molar-refractivity contribution in [3.63, 3.8) is 0 Å². The van der Waals surface area contributed by atoms with Crippen LogP contribution >= 0.6 is 23.5 Å². The summed E-state index contributed by atoms with van der Waals surface area (Å²) < 4.78 is 0. The number of aromatic nitrogens is 1. The molecular formula is C17H18N2OS2. The molecule has 1 saturated heterocycles. The Labute approximate surface area is 139 Å². The number of carbonyl (C=O) groups excluding carboxylic acids is 1. The van der Waals surface area contributed by atoms with Gasteiger partial charge in [-0.3, -0.25) is 9.78 Å². The zero-order valence-corrected chi connectivity index (χ0v) is 14.1. The van der Waals surface area contributed by atoms with E-state index in [0.29, 0.717) is 13.0 Å². The van der Waals surface area contributed by atoms with E-state index in [-0.39, 0.29) is 11.3 Å². The fourth-order valence-electron chi connectivity index (χ4n) is 2.53. The van der Waals surface area contributed by atoms with E-state index < -0.39 is 0 Å². The first-order valence-electron chi connectivity index (χ1n) is 7.22. The van der Waals surface area contributed by atoms with E-state index in [1.165, 1.54) is 10.5 Å². The maximum absolute atomic E-state index is 12.4. The molecule has 2 heterocycles. The lowest BCUT2D eigenvalue weighted by Gasteiger charge is -2.35. The minimum Gasteiger partial charge on any atom is -0.322 e. The highest BCUT2D eigenvalue weighted by Crippen LogP contribution is 2.38. The largest absolute Gasteiger partial charge is 0.322 e. The molecule has 0 bridgehead atoms. The van der Waals surface area contributed by atoms with Gasteiger partial charge in [0.25, 0.3) is 0 Å². The van der Waals surface area contributed by atoms with Crippen LogP contribution in [0.2, 0.25) is 0 Å². The predicted octanol–water partition coefficient (Wildman–Crippen LogP) is 3.97. The Bertz CT molecular complexity index is 631. The average molecular weight is 330 g/mol. The Morgan fingerprint density at radius 1 is 1.32 bits per heavy atom. The molecule has 0 N–H and O–H groups in total. The van der Waals surface area contributed by atoms with E-state index in [1.54, 1.807) is 18.0 Å². The Kier molecular flexibility index (Phi) is 5.05. The minimum atomic E-state index is 0.0948. The highest BCUT2D eigenvalue weighted by atomic mass is 32.2. The van der Waals surface area contributed by atoms with Gasteiger partial charge in [0.2, 0.25) is 5.91 Å². The van der Waals surface area contributed by atoms with Crippen molar-refractivity contribution in [2.75, 3.05) is 12.0 Å². The van der Waals surface area contributed by atoms with Gasteiger partial charge in [0.15, 0.2) is 0 Å². The molecule has 3 rings (SSSR count). The van der Waals surface area contributed by atoms with E-state index in [2.05, 4.69) is 35.5 Å². The van der Waals surface area contributed by atoms with Gasteiger partial charge in [-0.25, -0.2) is 0 Å². The maximum Gasteiger partial charge on any atom is 0.224 e. The van der Waals surface area contributed by atoms with Crippen LogP contribution in [0.5, 0.6) is 0 Å². The van der Waals surface area contributed by atoms with Crippen LogP contribution in [0.15, 0.2) is 53.7 Å². The monoisotopic (exact) mass is 330 g/mol. The molecule has 0 saturated carbocycles. The standard InChI is InChI=1S/C17H18N2OS2/c1-21-15-6-4-14(5-7-15)17-19(16(20)8-10-22-17)12-13-3-2-9-18-11-13/h2-7,9,11,17H,8,10,12H2,1H3. The van der Waals surface area contributed by atoms with Crippen LogP contribution in [0.25, 0.3) is 0 Å². The summed E-state index contributed by atoms with van der Waals surface area (Å²) in [5.74, 6) is 1.11. The summed E-state index contributed by atoms with van der Waals surface area (Å²) in [6, 6.07) is 12.5. The van der Waals surface area contributed by atoms with Crippen molar-refractivity contribution >= 4 is 29.4 Å². The van der Waals surface area contributed by atoms with Crippen molar-refractivity contribution in [2.45, 2.75) is 23.2 Å². The van der Waals surface area contributed by atoms with Gasteiger partial charge in [-0.2, -0.15) is 0 Å². The molecule has 1 atom stereocenters. The van der Waals surface area contributed by atoms with Crippen molar-refractivity contribution in [1.82, 2.24) is 9.88 Å². The first-order valence-corrected chi connectivity index (χ1v) is 9.49. The minimum absolute atomic E-state index is 0.0948. The van der Waals surface area contributed by atoms with Crippen molar-refractivity contribution in [2.24, 2.45) is 0 Å². The lowest BCUT2D eigenvalue weighted by atomic mass is 10.1. The van der Waals surface area contributed by atoms with E-state index >= 15 is 0 Å². The summed E-state index contributed by atoms with van der Waals surface area (Å²) in [6.45, 7) is 0.620. The van der Waals surface area contributed by atoms with Crippen molar-refractivity contribution < 1.29 is 4.79 Å². The topological polar surface area (TPSA) is 33.2 Å². The first kappa shape index (κ1) is 15.4. The summed E-state index contributed by atoms with van der Waals surface area (Å²) >= 11 is 3.57. The normalized spacial score (nSPS) is 18.5. The molecule has 1 unspecified atom stereocenters. The molecule has 0 aliphatic carbocycles. The summed E-state index contributed by atoms with van der Waals surface area (Å²) in [5.41, 5.74) is 2.27. The number of carbonyl (C=O) groups is 1. The Balaban J connectivity index is 1.84. The molecule has 0 radical (unpaired) electrons. The second-order valence-corrected chi connectivity index (χ2v) is 7.20. The fourth-order valence-corrected chi connectivity index (χ4v) is 4.17. The second-order valence-electron chi connectivity index (χ2n) is 5.13. The van der Waals surface area contributed by atoms with E-state index in [4.69, 9.17) is 0 Å². The van der Waals surface area contributed by atoms with Gasteiger partial charge in [0, 0.05) is 36.0 Å². The van der Waals surface area contributed by atoms with Gasteiger partial charge in [0.1, 0.15) is 5.37 Å². The number of thioether (sulfide) groups is 2. The van der Waals surface area contributed by atoms with Crippen molar-refractivity contribution in [1.29, 1.82) is 0 Å². The fraction of sp³-hybridized carbons (Fsp3) is 0.294. The van der Waals surface area contributed by atoms with Gasteiger partial charge >= 0.3 is 0 Å². The molecular weight excluding hydrogens is 312 g/mol. The predicted molar refractivity (Wildman–Crippen MR) is 92.8 cm³/mol. The number of amides is 1. The molecule has 1 fully saturated rings. The highest BCUT2D eigenvalue weighted by Gasteiger charge is 2.29. The average Bonchev–Trinajstić information content (AvgIpc) is 2.58. The number of hydrogen-bond donors (Lipinski definition) is 0. The van der Waals surface area contributed by atoms with Crippen molar-refractivity contribution in [3.05, 3.63) is 59.9 Å². The third kappa shape index (κ3) is 3.47. The lowest BCUT2D eigenvalue weighted by molar-refractivity contribution is -0.132. The van der Waals surface area contributed by atoms with Crippen molar-refractivity contribution in [3.8, 4) is 0 Å². The molecule has 3 nitrogen and oxygen atoms in total. The molecule has 1 aliphatic rings. The van der Waals surface area contributed by atoms with Gasteiger partial charge in [0.05, 0.1) is 0 Å². The van der Waals surface area contributed by atoms with Gasteiger partial charge in [-0.05, 0) is 35.6 Å². The zero-order valence-electron chi connectivity index (χ0n) is 12.4. The van der Waals surface area contributed by atoms with E-state index in [0.717, 1.165) is 11.3 Å². The number of pyridine rings is 1. The number of nitrogens with zero attached hydrogens (tertiary/aromatic N) is 2. The Morgan fingerprint density at radius 3 is 2.82 bits per heavy atom. The Morgan fingerprint density at radius 2 is 2.14 bits per heavy atom. The molecule has 1 aromatic carbocycles. The summed E-state index contributed by atoms with van der Waals surface area (Å²) in [4.78, 5) is 19.8. The molecule has 22 heavy (non-hydrogen) atoms. The third-order valence-electron chi connectivity index (χ3n) is 3.67. The molecule has 1 aromatic heterocycles. The first-order chi connectivity index (χ1) is 10.8. The van der Waals surface area contributed by atoms with Gasteiger partial charge in [-0.1, -0.05) is 18.2 Å². The lowest BCUT2D eigenvalue weighted by Crippen LogP contribution is -2.36. The van der Waals surface area contributed by atoms with Gasteiger partial charge in [-0.15, -0.1) is 23.5 Å². The Hall–Kier alpha value is -1.46. The zero-order chi connectivity index (χ0) is 15.4.